The summed E-state index contributed by atoms with van der Waals surface area (Å²) in [6.45, 7) is 2.23. The maximum absolute atomic E-state index is 12.4. The van der Waals surface area contributed by atoms with Crippen LogP contribution in [0.25, 0.3) is 0 Å². The van der Waals surface area contributed by atoms with Crippen molar-refractivity contribution in [3.05, 3.63) is 23.3 Å². The van der Waals surface area contributed by atoms with E-state index in [4.69, 9.17) is 15.9 Å². The number of methoxy groups -OCH3 is 1. The summed E-state index contributed by atoms with van der Waals surface area (Å²) in [5.41, 5.74) is 0.450. The molecule has 1 amide bonds. The summed E-state index contributed by atoms with van der Waals surface area (Å²) < 4.78 is 10.8. The highest BCUT2D eigenvalue weighted by Gasteiger charge is 2.29. The second-order valence-electron chi connectivity index (χ2n) is 6.29. The van der Waals surface area contributed by atoms with E-state index in [1.54, 1.807) is 12.1 Å². The van der Waals surface area contributed by atoms with Crippen molar-refractivity contribution in [1.29, 1.82) is 0 Å². The minimum Gasteiger partial charge on any atom is -0.493 e. The Labute approximate surface area is 143 Å². The highest BCUT2D eigenvalue weighted by molar-refractivity contribution is 5.95. The van der Waals surface area contributed by atoms with Crippen molar-refractivity contribution >= 4 is 5.91 Å². The van der Waals surface area contributed by atoms with Gasteiger partial charge in [-0.05, 0) is 37.5 Å². The Morgan fingerprint density at radius 1 is 1.38 bits per heavy atom. The molecule has 1 aromatic rings. The second kappa shape index (κ2) is 8.07. The first-order valence-electron chi connectivity index (χ1n) is 8.24. The summed E-state index contributed by atoms with van der Waals surface area (Å²) in [6, 6.07) is 3.35. The van der Waals surface area contributed by atoms with Crippen molar-refractivity contribution in [3.63, 3.8) is 0 Å². The van der Waals surface area contributed by atoms with Crippen LogP contribution in [0.2, 0.25) is 0 Å². The van der Waals surface area contributed by atoms with Gasteiger partial charge in [-0.25, -0.2) is 0 Å². The predicted octanol–water partition coefficient (Wildman–Crippen LogP) is 2.44. The van der Waals surface area contributed by atoms with Crippen molar-refractivity contribution in [3.8, 4) is 23.8 Å². The molecule has 0 bridgehead atoms. The summed E-state index contributed by atoms with van der Waals surface area (Å²) in [5.74, 6) is 3.18. The zero-order chi connectivity index (χ0) is 17.6. The zero-order valence-corrected chi connectivity index (χ0v) is 14.4. The fourth-order valence-electron chi connectivity index (χ4n) is 3.06. The highest BCUT2D eigenvalue weighted by atomic mass is 16.5. The number of carbonyl (C=O) groups excluding carboxylic acids is 1. The number of nitrogens with one attached hydrogen (secondary N) is 1. The lowest BCUT2D eigenvalue weighted by Gasteiger charge is -2.32. The Balaban J connectivity index is 2.09. The van der Waals surface area contributed by atoms with Crippen LogP contribution in [0.15, 0.2) is 12.1 Å². The molecule has 2 rings (SSSR count). The lowest BCUT2D eigenvalue weighted by atomic mass is 9.85. The third-order valence-electron chi connectivity index (χ3n) is 4.38. The van der Waals surface area contributed by atoms with Crippen LogP contribution in [0.5, 0.6) is 11.5 Å². The van der Waals surface area contributed by atoms with Gasteiger partial charge in [0.25, 0.3) is 5.91 Å². The molecule has 0 aromatic heterocycles. The van der Waals surface area contributed by atoms with E-state index in [2.05, 4.69) is 11.2 Å². The van der Waals surface area contributed by atoms with Gasteiger partial charge in [0.15, 0.2) is 11.5 Å². The third-order valence-corrected chi connectivity index (χ3v) is 4.38. The van der Waals surface area contributed by atoms with Crippen molar-refractivity contribution in [2.45, 2.75) is 44.6 Å². The monoisotopic (exact) mass is 331 g/mol. The number of rotatable bonds is 6. The number of amides is 1. The number of hydrogen-bond acceptors (Lipinski definition) is 4. The Hall–Kier alpha value is -2.19. The Bertz CT molecular complexity index is 627. The van der Waals surface area contributed by atoms with Gasteiger partial charge in [-0.3, -0.25) is 4.79 Å². The first-order chi connectivity index (χ1) is 11.5. The van der Waals surface area contributed by atoms with Gasteiger partial charge in [0.2, 0.25) is 0 Å². The Morgan fingerprint density at radius 3 is 2.71 bits per heavy atom. The van der Waals surface area contributed by atoms with E-state index in [9.17, 15) is 9.90 Å². The molecule has 5 nitrogen and oxygen atoms in total. The first kappa shape index (κ1) is 18.2. The maximum Gasteiger partial charge on any atom is 0.251 e. The molecule has 0 unspecified atom stereocenters. The molecule has 0 heterocycles. The van der Waals surface area contributed by atoms with E-state index >= 15 is 0 Å². The molecule has 1 aromatic carbocycles. The summed E-state index contributed by atoms with van der Waals surface area (Å²) >= 11 is 0. The van der Waals surface area contributed by atoms with Crippen LogP contribution in [-0.2, 0) is 0 Å². The number of benzene rings is 1. The van der Waals surface area contributed by atoms with Gasteiger partial charge in [0.05, 0.1) is 12.7 Å². The quantitative estimate of drug-likeness (QED) is 0.786. The van der Waals surface area contributed by atoms with E-state index in [-0.39, 0.29) is 19.1 Å². The number of aryl methyl sites for hydroxylation is 1. The molecular formula is C19H25NO4. The lowest BCUT2D eigenvalue weighted by molar-refractivity contribution is 0.00525. The normalized spacial score (nSPS) is 16.1. The number of hydrogen-bond donors (Lipinski definition) is 2. The summed E-state index contributed by atoms with van der Waals surface area (Å²) in [4.78, 5) is 12.4. The molecule has 0 atom stereocenters. The number of aliphatic hydroxyl groups is 1. The number of carbonyl (C=O) groups is 1. The smallest absolute Gasteiger partial charge is 0.251 e. The number of terminal acetylenes is 1. The molecular weight excluding hydrogens is 306 g/mol. The lowest BCUT2D eigenvalue weighted by Crippen LogP contribution is -2.44. The average molecular weight is 331 g/mol. The first-order valence-corrected chi connectivity index (χ1v) is 8.24. The van der Waals surface area contributed by atoms with Gasteiger partial charge >= 0.3 is 0 Å². The number of ether oxygens (including phenoxy) is 2. The van der Waals surface area contributed by atoms with Gasteiger partial charge in [0, 0.05) is 12.1 Å². The summed E-state index contributed by atoms with van der Waals surface area (Å²) in [6.07, 6.45) is 9.82. The Kier molecular flexibility index (Phi) is 6.10. The second-order valence-corrected chi connectivity index (χ2v) is 6.29. The van der Waals surface area contributed by atoms with E-state index in [1.165, 1.54) is 7.11 Å². The SMILES string of the molecule is C#CCOc1c(C)cc(C(=O)NCC2(O)CCCCC2)cc1OC. The van der Waals surface area contributed by atoms with Crippen molar-refractivity contribution in [2.24, 2.45) is 0 Å². The van der Waals surface area contributed by atoms with E-state index < -0.39 is 5.60 Å². The fourth-order valence-corrected chi connectivity index (χ4v) is 3.06. The molecule has 5 heteroatoms. The van der Waals surface area contributed by atoms with Gasteiger partial charge < -0.3 is 19.9 Å². The van der Waals surface area contributed by atoms with Crippen molar-refractivity contribution in [1.82, 2.24) is 5.32 Å². The van der Waals surface area contributed by atoms with Crippen molar-refractivity contribution < 1.29 is 19.4 Å². The molecule has 2 N–H and O–H groups in total. The molecule has 1 aliphatic rings. The van der Waals surface area contributed by atoms with Gasteiger partial charge in [-0.2, -0.15) is 0 Å². The Morgan fingerprint density at radius 2 is 2.08 bits per heavy atom. The standard InChI is InChI=1S/C19H25NO4/c1-4-10-24-17-14(2)11-15(12-16(17)23-3)18(21)20-13-19(22)8-6-5-7-9-19/h1,11-12,22H,5-10,13H2,2-3H3,(H,20,21). The van der Waals surface area contributed by atoms with Gasteiger partial charge in [-0.15, -0.1) is 6.42 Å². The molecule has 1 aliphatic carbocycles. The van der Waals surface area contributed by atoms with Crippen LogP contribution in [0.3, 0.4) is 0 Å². The van der Waals surface area contributed by atoms with Gasteiger partial charge in [-0.1, -0.05) is 25.2 Å². The van der Waals surface area contributed by atoms with E-state index in [1.807, 2.05) is 6.92 Å². The average Bonchev–Trinajstić information content (AvgIpc) is 2.58. The predicted molar refractivity (Wildman–Crippen MR) is 92.4 cm³/mol. The third kappa shape index (κ3) is 4.42. The minimum absolute atomic E-state index is 0.135. The van der Waals surface area contributed by atoms with Crippen LogP contribution >= 0.6 is 0 Å². The highest BCUT2D eigenvalue weighted by Crippen LogP contribution is 2.32. The fraction of sp³-hybridized carbons (Fsp3) is 0.526. The van der Waals surface area contributed by atoms with E-state index in [0.29, 0.717) is 17.1 Å². The summed E-state index contributed by atoms with van der Waals surface area (Å²) in [5, 5.41) is 13.3. The molecule has 130 valence electrons. The van der Waals surface area contributed by atoms with Crippen LogP contribution in [0, 0.1) is 19.3 Å². The van der Waals surface area contributed by atoms with Gasteiger partial charge in [0.1, 0.15) is 6.61 Å². The molecule has 0 saturated heterocycles. The van der Waals surface area contributed by atoms with Crippen LogP contribution < -0.4 is 14.8 Å². The topological polar surface area (TPSA) is 67.8 Å². The molecule has 1 saturated carbocycles. The van der Waals surface area contributed by atoms with Crippen LogP contribution in [0.1, 0.15) is 48.0 Å². The maximum atomic E-state index is 12.4. The summed E-state index contributed by atoms with van der Waals surface area (Å²) in [7, 11) is 1.52. The van der Waals surface area contributed by atoms with Crippen LogP contribution in [0.4, 0.5) is 0 Å². The van der Waals surface area contributed by atoms with E-state index in [0.717, 1.165) is 37.7 Å². The molecule has 1 fully saturated rings. The largest absolute Gasteiger partial charge is 0.493 e. The molecule has 24 heavy (non-hydrogen) atoms. The molecule has 0 radical (unpaired) electrons. The molecule has 0 aliphatic heterocycles. The van der Waals surface area contributed by atoms with Crippen molar-refractivity contribution in [2.75, 3.05) is 20.3 Å². The zero-order valence-electron chi connectivity index (χ0n) is 14.4. The van der Waals surface area contributed by atoms with Crippen LogP contribution in [-0.4, -0.2) is 36.9 Å². The molecule has 0 spiro atoms. The minimum atomic E-state index is -0.789.